The van der Waals surface area contributed by atoms with Crippen molar-refractivity contribution < 1.29 is 14.3 Å². The first-order valence-corrected chi connectivity index (χ1v) is 8.23. The summed E-state index contributed by atoms with van der Waals surface area (Å²) in [6.45, 7) is 0.228. The number of ether oxygens (including phenoxy) is 1. The van der Waals surface area contributed by atoms with Crippen LogP contribution in [0.5, 0.6) is 0 Å². The van der Waals surface area contributed by atoms with Crippen molar-refractivity contribution in [2.24, 2.45) is 0 Å². The molecule has 1 aliphatic rings. The summed E-state index contributed by atoms with van der Waals surface area (Å²) >= 11 is 5.62. The average molecular weight is 324 g/mol. The molecule has 4 nitrogen and oxygen atoms in total. The summed E-state index contributed by atoms with van der Waals surface area (Å²) in [5, 5.41) is 2.93. The summed E-state index contributed by atoms with van der Waals surface area (Å²) in [4.78, 5) is 23.8. The van der Waals surface area contributed by atoms with Gasteiger partial charge in [-0.05, 0) is 18.4 Å². The van der Waals surface area contributed by atoms with Gasteiger partial charge in [0.2, 0.25) is 0 Å². The molecule has 120 valence electrons. The molecule has 0 saturated heterocycles. The van der Waals surface area contributed by atoms with Crippen LogP contribution in [0.4, 0.5) is 4.79 Å². The van der Waals surface area contributed by atoms with E-state index in [4.69, 9.17) is 16.3 Å². The monoisotopic (exact) mass is 323 g/mol. The summed E-state index contributed by atoms with van der Waals surface area (Å²) in [7, 11) is 0. The van der Waals surface area contributed by atoms with Crippen molar-refractivity contribution in [2.75, 3.05) is 5.88 Å². The van der Waals surface area contributed by atoms with Gasteiger partial charge >= 0.3 is 6.09 Å². The Morgan fingerprint density at radius 2 is 1.82 bits per heavy atom. The standard InChI is InChI=1S/C17H22ClNO3/c18-12-15(20)11-17(9-5-2-6-10-17)19-16(21)22-13-14-7-3-1-4-8-14/h1,3-4,7-8H,2,5-6,9-13H2,(H,19,21). The molecule has 1 aliphatic carbocycles. The van der Waals surface area contributed by atoms with E-state index in [1.165, 1.54) is 0 Å². The van der Waals surface area contributed by atoms with E-state index in [2.05, 4.69) is 5.32 Å². The molecule has 22 heavy (non-hydrogen) atoms. The summed E-state index contributed by atoms with van der Waals surface area (Å²) in [5.41, 5.74) is 0.449. The maximum Gasteiger partial charge on any atom is 0.407 e. The van der Waals surface area contributed by atoms with Crippen molar-refractivity contribution in [3.63, 3.8) is 0 Å². The first-order chi connectivity index (χ1) is 10.6. The third kappa shape index (κ3) is 5.02. The van der Waals surface area contributed by atoms with Gasteiger partial charge in [0, 0.05) is 6.42 Å². The van der Waals surface area contributed by atoms with Crippen LogP contribution in [0.2, 0.25) is 0 Å². The van der Waals surface area contributed by atoms with Crippen LogP contribution in [0.3, 0.4) is 0 Å². The smallest absolute Gasteiger partial charge is 0.407 e. The van der Waals surface area contributed by atoms with Crippen LogP contribution >= 0.6 is 11.6 Å². The molecule has 0 radical (unpaired) electrons. The zero-order chi connectivity index (χ0) is 15.8. The Bertz CT molecular complexity index is 498. The molecule has 5 heteroatoms. The Morgan fingerprint density at radius 3 is 2.45 bits per heavy atom. The van der Waals surface area contributed by atoms with Crippen LogP contribution in [-0.2, 0) is 16.1 Å². The highest BCUT2D eigenvalue weighted by Crippen LogP contribution is 2.31. The quantitative estimate of drug-likeness (QED) is 0.810. The molecule has 1 aromatic rings. The van der Waals surface area contributed by atoms with Gasteiger partial charge in [0.1, 0.15) is 12.4 Å². The molecule has 0 heterocycles. The fourth-order valence-electron chi connectivity index (χ4n) is 2.97. The second-order valence-electron chi connectivity index (χ2n) is 5.88. The van der Waals surface area contributed by atoms with Crippen LogP contribution in [0.25, 0.3) is 0 Å². The van der Waals surface area contributed by atoms with E-state index in [1.807, 2.05) is 30.3 Å². The van der Waals surface area contributed by atoms with Gasteiger partial charge in [-0.15, -0.1) is 11.6 Å². The molecule has 1 N–H and O–H groups in total. The van der Waals surface area contributed by atoms with Crippen LogP contribution in [0, 0.1) is 0 Å². The lowest BCUT2D eigenvalue weighted by molar-refractivity contribution is -0.118. The maximum atomic E-state index is 12.1. The van der Waals surface area contributed by atoms with Crippen LogP contribution in [0.15, 0.2) is 30.3 Å². The Hall–Kier alpha value is -1.55. The number of amides is 1. The van der Waals surface area contributed by atoms with E-state index in [-0.39, 0.29) is 24.7 Å². The lowest BCUT2D eigenvalue weighted by Gasteiger charge is -2.37. The number of carbonyl (C=O) groups is 2. The number of alkyl carbamates (subject to hydrolysis) is 1. The highest BCUT2D eigenvalue weighted by Gasteiger charge is 2.35. The van der Waals surface area contributed by atoms with Gasteiger partial charge in [0.25, 0.3) is 0 Å². The number of ketones is 1. The zero-order valence-corrected chi connectivity index (χ0v) is 13.4. The van der Waals surface area contributed by atoms with Gasteiger partial charge in [0.15, 0.2) is 0 Å². The Kier molecular flexibility index (Phi) is 6.25. The third-order valence-corrected chi connectivity index (χ3v) is 4.37. The van der Waals surface area contributed by atoms with Crippen molar-refractivity contribution in [1.29, 1.82) is 0 Å². The van der Waals surface area contributed by atoms with E-state index >= 15 is 0 Å². The van der Waals surface area contributed by atoms with Crippen molar-refractivity contribution in [3.8, 4) is 0 Å². The molecule has 1 aromatic carbocycles. The van der Waals surface area contributed by atoms with Crippen LogP contribution < -0.4 is 5.32 Å². The fraction of sp³-hybridized carbons (Fsp3) is 0.529. The van der Waals surface area contributed by atoms with E-state index in [0.717, 1.165) is 37.7 Å². The van der Waals surface area contributed by atoms with Gasteiger partial charge in [-0.3, -0.25) is 4.79 Å². The lowest BCUT2D eigenvalue weighted by atomic mass is 9.78. The Balaban J connectivity index is 1.91. The zero-order valence-electron chi connectivity index (χ0n) is 12.6. The number of hydrogen-bond donors (Lipinski definition) is 1. The summed E-state index contributed by atoms with van der Waals surface area (Å²) in [6, 6.07) is 9.52. The second kappa shape index (κ2) is 8.18. The normalized spacial score (nSPS) is 16.8. The minimum atomic E-state index is -0.488. The van der Waals surface area contributed by atoms with Gasteiger partial charge in [-0.25, -0.2) is 4.79 Å². The second-order valence-corrected chi connectivity index (χ2v) is 6.14. The minimum Gasteiger partial charge on any atom is -0.445 e. The molecule has 0 atom stereocenters. The van der Waals surface area contributed by atoms with E-state index in [1.54, 1.807) is 0 Å². The first kappa shape index (κ1) is 16.8. The van der Waals surface area contributed by atoms with Crippen LogP contribution in [0.1, 0.15) is 44.1 Å². The molecule has 0 bridgehead atoms. The van der Waals surface area contributed by atoms with Gasteiger partial charge < -0.3 is 10.1 Å². The fourth-order valence-corrected chi connectivity index (χ4v) is 3.07. The topological polar surface area (TPSA) is 55.4 Å². The number of rotatable bonds is 6. The highest BCUT2D eigenvalue weighted by molar-refractivity contribution is 6.27. The summed E-state index contributed by atoms with van der Waals surface area (Å²) < 4.78 is 5.28. The van der Waals surface area contributed by atoms with Crippen molar-refractivity contribution in [3.05, 3.63) is 35.9 Å². The summed E-state index contributed by atoms with van der Waals surface area (Å²) in [5.74, 6) is -0.0467. The molecular formula is C17H22ClNO3. The van der Waals surface area contributed by atoms with Crippen LogP contribution in [-0.4, -0.2) is 23.3 Å². The molecule has 1 saturated carbocycles. The molecule has 0 aromatic heterocycles. The van der Waals surface area contributed by atoms with Gasteiger partial charge in [0.05, 0.1) is 11.4 Å². The highest BCUT2D eigenvalue weighted by atomic mass is 35.5. The number of benzene rings is 1. The molecular weight excluding hydrogens is 302 g/mol. The van der Waals surface area contributed by atoms with Gasteiger partial charge in [-0.1, -0.05) is 49.6 Å². The number of hydrogen-bond acceptors (Lipinski definition) is 3. The largest absolute Gasteiger partial charge is 0.445 e. The molecule has 1 amide bonds. The molecule has 2 rings (SSSR count). The number of Topliss-reactive ketones (excluding diaryl/α,β-unsaturated/α-hetero) is 1. The number of halogens is 1. The summed E-state index contributed by atoms with van der Waals surface area (Å²) in [6.07, 6.45) is 4.58. The predicted molar refractivity (Wildman–Crippen MR) is 85.9 cm³/mol. The predicted octanol–water partition coefficient (Wildman–Crippen LogP) is 3.81. The number of nitrogens with one attached hydrogen (secondary N) is 1. The number of alkyl halides is 1. The first-order valence-electron chi connectivity index (χ1n) is 7.70. The average Bonchev–Trinajstić information content (AvgIpc) is 2.54. The van der Waals surface area contributed by atoms with Crippen molar-refractivity contribution in [2.45, 2.75) is 50.7 Å². The van der Waals surface area contributed by atoms with Crippen molar-refractivity contribution >= 4 is 23.5 Å². The third-order valence-electron chi connectivity index (χ3n) is 4.08. The molecule has 0 unspecified atom stereocenters. The number of carbonyl (C=O) groups excluding carboxylic acids is 2. The SMILES string of the molecule is O=C(CCl)CC1(NC(=O)OCc2ccccc2)CCCCC1. The van der Waals surface area contributed by atoms with E-state index in [9.17, 15) is 9.59 Å². The van der Waals surface area contributed by atoms with E-state index < -0.39 is 11.6 Å². The van der Waals surface area contributed by atoms with Crippen molar-refractivity contribution in [1.82, 2.24) is 5.32 Å². The lowest BCUT2D eigenvalue weighted by Crippen LogP contribution is -2.51. The maximum absolute atomic E-state index is 12.1. The van der Waals surface area contributed by atoms with E-state index in [0.29, 0.717) is 0 Å². The molecule has 0 aliphatic heterocycles. The molecule has 1 fully saturated rings. The Labute approximate surface area is 136 Å². The van der Waals surface area contributed by atoms with Gasteiger partial charge in [-0.2, -0.15) is 0 Å². The molecule has 0 spiro atoms. The Morgan fingerprint density at radius 1 is 1.14 bits per heavy atom. The minimum absolute atomic E-state index is 0.0114.